The number of para-hydroxylation sites is 1. The van der Waals surface area contributed by atoms with E-state index in [1.54, 1.807) is 7.11 Å². The average Bonchev–Trinajstić information content (AvgIpc) is 2.92. The number of benzene rings is 5. The molecule has 0 aliphatic rings. The number of fused-ring (bicyclic) bond motifs is 4. The fourth-order valence-electron chi connectivity index (χ4n) is 4.74. The summed E-state index contributed by atoms with van der Waals surface area (Å²) in [5.41, 5.74) is 8.22. The maximum absolute atomic E-state index is 5.44. The first kappa shape index (κ1) is 21.9. The van der Waals surface area contributed by atoms with E-state index in [-0.39, 0.29) is 0 Å². The van der Waals surface area contributed by atoms with Gasteiger partial charge >= 0.3 is 0 Å². The van der Waals surface area contributed by atoms with Gasteiger partial charge in [-0.3, -0.25) is 0 Å². The first-order chi connectivity index (χ1) is 17.6. The molecule has 0 amide bonds. The SMILES string of the molecule is COc1ccc(-[n+]2c3cc(N(C)C)ccc3nc3c4ccccc4c(Nc4ccccc4)cc32)cc1. The number of nitrogens with zero attached hydrogens (tertiary/aromatic N) is 3. The van der Waals surface area contributed by atoms with E-state index in [0.717, 1.165) is 61.3 Å². The maximum atomic E-state index is 5.44. The molecule has 1 heterocycles. The van der Waals surface area contributed by atoms with Gasteiger partial charge in [0.05, 0.1) is 12.8 Å². The van der Waals surface area contributed by atoms with Crippen molar-refractivity contribution in [1.82, 2.24) is 4.98 Å². The van der Waals surface area contributed by atoms with E-state index in [0.29, 0.717) is 0 Å². The van der Waals surface area contributed by atoms with Crippen molar-refractivity contribution >= 4 is 49.9 Å². The molecule has 5 heteroatoms. The Kier molecular flexibility index (Phi) is 5.38. The zero-order chi connectivity index (χ0) is 24.6. The van der Waals surface area contributed by atoms with Gasteiger partial charge in [-0.1, -0.05) is 42.5 Å². The molecule has 0 saturated carbocycles. The van der Waals surface area contributed by atoms with Crippen molar-refractivity contribution in [2.75, 3.05) is 31.4 Å². The molecule has 0 spiro atoms. The van der Waals surface area contributed by atoms with Crippen molar-refractivity contribution in [3.63, 3.8) is 0 Å². The summed E-state index contributed by atoms with van der Waals surface area (Å²) >= 11 is 0. The lowest BCUT2D eigenvalue weighted by Gasteiger charge is -2.15. The van der Waals surface area contributed by atoms with Crippen LogP contribution in [0.4, 0.5) is 17.1 Å². The first-order valence-corrected chi connectivity index (χ1v) is 12.0. The van der Waals surface area contributed by atoms with Gasteiger partial charge in [-0.05, 0) is 36.4 Å². The van der Waals surface area contributed by atoms with Crippen LogP contribution in [0.15, 0.2) is 103 Å². The predicted octanol–water partition coefficient (Wildman–Crippen LogP) is 6.64. The number of hydrogen-bond donors (Lipinski definition) is 1. The molecule has 0 saturated heterocycles. The number of nitrogens with one attached hydrogen (secondary N) is 1. The summed E-state index contributed by atoms with van der Waals surface area (Å²) in [6, 6.07) is 35.6. The predicted molar refractivity (Wildman–Crippen MR) is 149 cm³/mol. The Labute approximate surface area is 210 Å². The largest absolute Gasteiger partial charge is 0.497 e. The second kappa shape index (κ2) is 8.86. The molecule has 1 N–H and O–H groups in total. The van der Waals surface area contributed by atoms with Crippen LogP contribution >= 0.6 is 0 Å². The highest BCUT2D eigenvalue weighted by Crippen LogP contribution is 2.33. The Morgan fingerprint density at radius 1 is 0.750 bits per heavy atom. The van der Waals surface area contributed by atoms with Crippen LogP contribution in [0.25, 0.3) is 38.5 Å². The van der Waals surface area contributed by atoms with Crippen LogP contribution in [0, 0.1) is 0 Å². The van der Waals surface area contributed by atoms with E-state index >= 15 is 0 Å². The minimum absolute atomic E-state index is 0.827. The molecule has 6 aromatic rings. The van der Waals surface area contributed by atoms with Crippen molar-refractivity contribution in [2.24, 2.45) is 0 Å². The van der Waals surface area contributed by atoms with Crippen LogP contribution in [0.5, 0.6) is 5.75 Å². The molecule has 0 aliphatic carbocycles. The van der Waals surface area contributed by atoms with Gasteiger partial charge in [0.25, 0.3) is 0 Å². The van der Waals surface area contributed by atoms with Crippen LogP contribution in [-0.2, 0) is 0 Å². The van der Waals surface area contributed by atoms with Crippen LogP contribution in [0.3, 0.4) is 0 Å². The summed E-state index contributed by atoms with van der Waals surface area (Å²) in [4.78, 5) is 7.30. The maximum Gasteiger partial charge on any atom is 0.240 e. The number of ether oxygens (including phenoxy) is 1. The molecule has 1 aromatic heterocycles. The van der Waals surface area contributed by atoms with Crippen molar-refractivity contribution in [3.8, 4) is 11.4 Å². The minimum Gasteiger partial charge on any atom is -0.497 e. The molecular weight excluding hydrogens is 444 g/mol. The third-order valence-electron chi connectivity index (χ3n) is 6.57. The lowest BCUT2D eigenvalue weighted by molar-refractivity contribution is -0.538. The molecule has 5 aromatic carbocycles. The van der Waals surface area contributed by atoms with Crippen LogP contribution < -0.4 is 19.5 Å². The first-order valence-electron chi connectivity index (χ1n) is 12.0. The second-order valence-electron chi connectivity index (χ2n) is 9.04. The number of aromatic nitrogens is 2. The van der Waals surface area contributed by atoms with E-state index in [4.69, 9.17) is 9.72 Å². The third kappa shape index (κ3) is 3.75. The van der Waals surface area contributed by atoms with E-state index in [1.807, 2.05) is 30.3 Å². The van der Waals surface area contributed by atoms with Gasteiger partial charge in [-0.15, -0.1) is 4.57 Å². The molecule has 176 valence electrons. The van der Waals surface area contributed by atoms with Crippen molar-refractivity contribution in [1.29, 1.82) is 0 Å². The van der Waals surface area contributed by atoms with Gasteiger partial charge in [0.2, 0.25) is 16.7 Å². The fourth-order valence-corrected chi connectivity index (χ4v) is 4.74. The molecule has 0 fully saturated rings. The lowest BCUT2D eigenvalue weighted by atomic mass is 10.0. The van der Waals surface area contributed by atoms with Crippen molar-refractivity contribution in [2.45, 2.75) is 0 Å². The number of anilines is 3. The Bertz CT molecular complexity index is 1710. The molecule has 0 aliphatic heterocycles. The Morgan fingerprint density at radius 3 is 2.19 bits per heavy atom. The van der Waals surface area contributed by atoms with E-state index in [1.165, 1.54) is 0 Å². The highest BCUT2D eigenvalue weighted by Gasteiger charge is 2.23. The molecule has 0 bridgehead atoms. The standard InChI is InChI=1S/C31H26N4O/c1-34(2)23-15-18-27-29(19-23)35(22-13-16-24(36-3)17-14-22)30-20-28(32-21-9-5-4-6-10-21)25-11-7-8-12-26(25)31(30)33-27/h4-20H,1-3H3/p+1. The fraction of sp³-hybridized carbons (Fsp3) is 0.0968. The normalized spacial score (nSPS) is 11.2. The molecule has 36 heavy (non-hydrogen) atoms. The summed E-state index contributed by atoms with van der Waals surface area (Å²) in [5.74, 6) is 0.827. The average molecular weight is 472 g/mol. The van der Waals surface area contributed by atoms with Gasteiger partial charge in [-0.25, -0.2) is 4.98 Å². The van der Waals surface area contributed by atoms with Crippen LogP contribution in [0.2, 0.25) is 0 Å². The summed E-state index contributed by atoms with van der Waals surface area (Å²) in [5, 5.41) is 5.88. The molecular formula is C31H27N4O+. The zero-order valence-corrected chi connectivity index (χ0v) is 20.6. The van der Waals surface area contributed by atoms with Gasteiger partial charge in [-0.2, -0.15) is 0 Å². The summed E-state index contributed by atoms with van der Waals surface area (Å²) in [6.45, 7) is 0. The Hall–Kier alpha value is -4.64. The molecule has 0 radical (unpaired) electrons. The summed E-state index contributed by atoms with van der Waals surface area (Å²) in [7, 11) is 5.81. The smallest absolute Gasteiger partial charge is 0.240 e. The van der Waals surface area contributed by atoms with E-state index < -0.39 is 0 Å². The van der Waals surface area contributed by atoms with Crippen LogP contribution in [0.1, 0.15) is 0 Å². The Balaban J connectivity index is 1.73. The number of rotatable bonds is 5. The minimum atomic E-state index is 0.827. The number of methoxy groups -OCH3 is 1. The van der Waals surface area contributed by atoms with Gasteiger partial charge in [0.15, 0.2) is 0 Å². The van der Waals surface area contributed by atoms with Gasteiger partial charge in [0.1, 0.15) is 16.8 Å². The summed E-state index contributed by atoms with van der Waals surface area (Å²) in [6.07, 6.45) is 0. The Morgan fingerprint density at radius 2 is 1.47 bits per heavy atom. The molecule has 6 rings (SSSR count). The topological polar surface area (TPSA) is 41.3 Å². The summed E-state index contributed by atoms with van der Waals surface area (Å²) < 4.78 is 7.73. The highest BCUT2D eigenvalue weighted by atomic mass is 16.5. The van der Waals surface area contributed by atoms with Gasteiger partial charge < -0.3 is 15.0 Å². The second-order valence-corrected chi connectivity index (χ2v) is 9.04. The van der Waals surface area contributed by atoms with E-state index in [9.17, 15) is 0 Å². The van der Waals surface area contributed by atoms with Crippen molar-refractivity contribution < 1.29 is 9.30 Å². The van der Waals surface area contributed by atoms with Crippen molar-refractivity contribution in [3.05, 3.63) is 103 Å². The van der Waals surface area contributed by atoms with E-state index in [2.05, 4.69) is 102 Å². The zero-order valence-electron chi connectivity index (χ0n) is 20.6. The van der Waals surface area contributed by atoms with Gasteiger partial charge in [0, 0.05) is 60.5 Å². The lowest BCUT2D eigenvalue weighted by Crippen LogP contribution is -2.33. The molecule has 0 atom stereocenters. The highest BCUT2D eigenvalue weighted by molar-refractivity contribution is 6.11. The molecule has 5 nitrogen and oxygen atoms in total. The molecule has 0 unspecified atom stereocenters. The third-order valence-corrected chi connectivity index (χ3v) is 6.57. The number of hydrogen-bond acceptors (Lipinski definition) is 4. The monoisotopic (exact) mass is 471 g/mol. The quantitative estimate of drug-likeness (QED) is 0.174. The van der Waals surface area contributed by atoms with Crippen LogP contribution in [-0.4, -0.2) is 26.2 Å².